The van der Waals surface area contributed by atoms with Gasteiger partial charge in [0.25, 0.3) is 0 Å². The van der Waals surface area contributed by atoms with E-state index in [0.717, 1.165) is 55.7 Å². The molecular weight excluding hydrogens is 408 g/mol. The first-order valence-electron chi connectivity index (χ1n) is 10.9. The van der Waals surface area contributed by atoms with Gasteiger partial charge in [0.1, 0.15) is 0 Å². The molecular formula is C30H16O3. The van der Waals surface area contributed by atoms with Crippen LogP contribution in [0.15, 0.2) is 108 Å². The fourth-order valence-corrected chi connectivity index (χ4v) is 5.42. The molecule has 0 radical (unpaired) electrons. The van der Waals surface area contributed by atoms with Crippen LogP contribution in [-0.4, -0.2) is 11.9 Å². The first kappa shape index (κ1) is 18.1. The molecule has 154 valence electrons. The molecule has 0 N–H and O–H groups in total. The van der Waals surface area contributed by atoms with Gasteiger partial charge in [-0.05, 0) is 44.5 Å². The lowest BCUT2D eigenvalue weighted by atomic mass is 9.88. The fourth-order valence-electron chi connectivity index (χ4n) is 5.42. The number of fused-ring (bicyclic) bond motifs is 6. The summed E-state index contributed by atoms with van der Waals surface area (Å²) in [7, 11) is 0. The highest BCUT2D eigenvalue weighted by Gasteiger charge is 2.43. The van der Waals surface area contributed by atoms with Crippen LogP contribution in [0.4, 0.5) is 0 Å². The van der Waals surface area contributed by atoms with Gasteiger partial charge >= 0.3 is 11.9 Å². The maximum atomic E-state index is 13.2. The standard InChI is InChI=1S/C30H16O3/c31-29-27(25-21-13-5-1-9-17(21)18-10-2-6-14-22(18)25)28(30(32)33-29)26-23-15-7-3-11-19(23)20-12-4-8-16-24(20)26/h1-16H. The van der Waals surface area contributed by atoms with Crippen molar-refractivity contribution in [3.8, 4) is 22.3 Å². The molecule has 0 atom stereocenters. The Labute approximate surface area is 190 Å². The van der Waals surface area contributed by atoms with Gasteiger partial charge in [0, 0.05) is 11.1 Å². The molecule has 2 aliphatic carbocycles. The van der Waals surface area contributed by atoms with Crippen LogP contribution in [0.5, 0.6) is 0 Å². The zero-order valence-corrected chi connectivity index (χ0v) is 17.5. The van der Waals surface area contributed by atoms with Gasteiger partial charge in [-0.15, -0.1) is 0 Å². The topological polar surface area (TPSA) is 43.4 Å². The molecule has 0 spiro atoms. The Morgan fingerprint density at radius 3 is 0.848 bits per heavy atom. The SMILES string of the molecule is O=C1OC(=O)C(=C2c3ccccc3-c3ccccc32)C1=C1c2ccccc2-c2ccccc21. The van der Waals surface area contributed by atoms with Gasteiger partial charge in [0.2, 0.25) is 0 Å². The van der Waals surface area contributed by atoms with Crippen LogP contribution in [0.1, 0.15) is 22.3 Å². The number of rotatable bonds is 0. The van der Waals surface area contributed by atoms with Crippen molar-refractivity contribution in [2.24, 2.45) is 0 Å². The summed E-state index contributed by atoms with van der Waals surface area (Å²) in [6, 6.07) is 32.0. The second kappa shape index (κ2) is 6.50. The Bertz CT molecular complexity index is 1400. The molecule has 0 saturated carbocycles. The molecule has 0 bridgehead atoms. The van der Waals surface area contributed by atoms with Crippen LogP contribution in [-0.2, 0) is 14.3 Å². The van der Waals surface area contributed by atoms with Crippen LogP contribution >= 0.6 is 0 Å². The number of carbonyl (C=O) groups is 2. The number of benzene rings is 4. The molecule has 7 rings (SSSR count). The summed E-state index contributed by atoms with van der Waals surface area (Å²) in [5.74, 6) is -1.18. The second-order valence-corrected chi connectivity index (χ2v) is 8.36. The highest BCUT2D eigenvalue weighted by Crippen LogP contribution is 2.52. The van der Waals surface area contributed by atoms with Gasteiger partial charge in [0.15, 0.2) is 0 Å². The maximum Gasteiger partial charge on any atom is 0.347 e. The summed E-state index contributed by atoms with van der Waals surface area (Å²) in [5, 5.41) is 0. The summed E-state index contributed by atoms with van der Waals surface area (Å²) < 4.78 is 5.28. The van der Waals surface area contributed by atoms with E-state index in [-0.39, 0.29) is 0 Å². The van der Waals surface area contributed by atoms with Crippen LogP contribution < -0.4 is 0 Å². The van der Waals surface area contributed by atoms with Crippen LogP contribution in [0, 0.1) is 0 Å². The molecule has 1 saturated heterocycles. The summed E-state index contributed by atoms with van der Waals surface area (Å²) in [6.07, 6.45) is 0. The van der Waals surface area contributed by atoms with Crippen molar-refractivity contribution in [2.45, 2.75) is 0 Å². The molecule has 1 heterocycles. The van der Waals surface area contributed by atoms with E-state index >= 15 is 0 Å². The molecule has 33 heavy (non-hydrogen) atoms. The number of cyclic esters (lactones) is 2. The quantitative estimate of drug-likeness (QED) is 0.170. The molecule has 0 amide bonds. The number of hydrogen-bond donors (Lipinski definition) is 0. The molecule has 3 aliphatic rings. The van der Waals surface area contributed by atoms with Gasteiger partial charge in [-0.1, -0.05) is 97.1 Å². The van der Waals surface area contributed by atoms with Gasteiger partial charge in [-0.2, -0.15) is 0 Å². The summed E-state index contributed by atoms with van der Waals surface area (Å²) in [4.78, 5) is 26.5. The van der Waals surface area contributed by atoms with Crippen molar-refractivity contribution in [3.05, 3.63) is 130 Å². The second-order valence-electron chi connectivity index (χ2n) is 8.36. The van der Waals surface area contributed by atoms with Gasteiger partial charge in [-0.25, -0.2) is 9.59 Å². The minimum atomic E-state index is -0.592. The molecule has 0 unspecified atom stereocenters. The number of carbonyl (C=O) groups excluding carboxylic acids is 2. The minimum absolute atomic E-state index is 0.346. The van der Waals surface area contributed by atoms with Crippen molar-refractivity contribution in [1.82, 2.24) is 0 Å². The summed E-state index contributed by atoms with van der Waals surface area (Å²) >= 11 is 0. The Kier molecular flexibility index (Phi) is 3.57. The van der Waals surface area contributed by atoms with E-state index in [1.54, 1.807) is 0 Å². The highest BCUT2D eigenvalue weighted by atomic mass is 16.6. The lowest BCUT2D eigenvalue weighted by molar-refractivity contribution is -0.149. The van der Waals surface area contributed by atoms with Crippen molar-refractivity contribution in [2.75, 3.05) is 0 Å². The molecule has 1 fully saturated rings. The van der Waals surface area contributed by atoms with E-state index in [2.05, 4.69) is 24.3 Å². The zero-order chi connectivity index (χ0) is 22.1. The Balaban J connectivity index is 1.65. The van der Waals surface area contributed by atoms with Gasteiger partial charge in [-0.3, -0.25) is 0 Å². The molecule has 4 aromatic rings. The van der Waals surface area contributed by atoms with Crippen molar-refractivity contribution >= 4 is 23.1 Å². The van der Waals surface area contributed by atoms with E-state index in [0.29, 0.717) is 11.1 Å². The summed E-state index contributed by atoms with van der Waals surface area (Å²) in [5.41, 5.74) is 10.2. The van der Waals surface area contributed by atoms with Crippen molar-refractivity contribution in [1.29, 1.82) is 0 Å². The van der Waals surface area contributed by atoms with E-state index in [1.165, 1.54) is 0 Å². The Morgan fingerprint density at radius 1 is 0.333 bits per heavy atom. The largest absolute Gasteiger partial charge is 0.386 e. The first-order chi connectivity index (χ1) is 16.2. The molecule has 3 heteroatoms. The molecule has 4 aromatic carbocycles. The predicted molar refractivity (Wildman–Crippen MR) is 127 cm³/mol. The monoisotopic (exact) mass is 424 g/mol. The zero-order valence-electron chi connectivity index (χ0n) is 17.5. The van der Waals surface area contributed by atoms with Gasteiger partial charge in [0.05, 0.1) is 11.1 Å². The molecule has 0 aromatic heterocycles. The minimum Gasteiger partial charge on any atom is -0.386 e. The smallest absolute Gasteiger partial charge is 0.347 e. The third-order valence-corrected chi connectivity index (χ3v) is 6.71. The van der Waals surface area contributed by atoms with E-state index in [1.807, 2.05) is 72.8 Å². The normalized spacial score (nSPS) is 15.4. The molecule has 3 nitrogen and oxygen atoms in total. The van der Waals surface area contributed by atoms with Gasteiger partial charge < -0.3 is 4.74 Å². The first-order valence-corrected chi connectivity index (χ1v) is 10.9. The molecule has 1 aliphatic heterocycles. The van der Waals surface area contributed by atoms with Crippen molar-refractivity contribution < 1.29 is 14.3 Å². The van der Waals surface area contributed by atoms with E-state index < -0.39 is 11.9 Å². The Hall–Kier alpha value is -4.50. The lowest BCUT2D eigenvalue weighted by Crippen LogP contribution is -2.02. The Morgan fingerprint density at radius 2 is 0.576 bits per heavy atom. The summed E-state index contributed by atoms with van der Waals surface area (Å²) in [6.45, 7) is 0. The number of esters is 2. The van der Waals surface area contributed by atoms with E-state index in [4.69, 9.17) is 4.74 Å². The fraction of sp³-hybridized carbons (Fsp3) is 0. The van der Waals surface area contributed by atoms with E-state index in [9.17, 15) is 9.59 Å². The average Bonchev–Trinajstić information content (AvgIpc) is 3.45. The van der Waals surface area contributed by atoms with Crippen LogP contribution in [0.25, 0.3) is 33.4 Å². The number of ether oxygens (including phenoxy) is 1. The highest BCUT2D eigenvalue weighted by molar-refractivity contribution is 6.29. The van der Waals surface area contributed by atoms with Crippen LogP contribution in [0.2, 0.25) is 0 Å². The maximum absolute atomic E-state index is 13.2. The third-order valence-electron chi connectivity index (χ3n) is 6.71. The predicted octanol–water partition coefficient (Wildman–Crippen LogP) is 6.03. The third kappa shape index (κ3) is 2.34. The van der Waals surface area contributed by atoms with Crippen LogP contribution in [0.3, 0.4) is 0 Å². The average molecular weight is 424 g/mol. The number of hydrogen-bond acceptors (Lipinski definition) is 3. The van der Waals surface area contributed by atoms with Crippen molar-refractivity contribution in [3.63, 3.8) is 0 Å². The lowest BCUT2D eigenvalue weighted by Gasteiger charge is -2.10.